The van der Waals surface area contributed by atoms with Gasteiger partial charge in [-0.05, 0) is 24.6 Å². The molecule has 0 aliphatic heterocycles. The Bertz CT molecular complexity index is 518. The molecule has 102 valence electrons. The SMILES string of the molecule is CCc1n[nH]c(CN(CC)Cc2ccccc2C)n1. The first-order valence-corrected chi connectivity index (χ1v) is 6.90. The zero-order valence-electron chi connectivity index (χ0n) is 12.0. The summed E-state index contributed by atoms with van der Waals surface area (Å²) in [5, 5.41) is 7.20. The maximum Gasteiger partial charge on any atom is 0.150 e. The Morgan fingerprint density at radius 2 is 1.95 bits per heavy atom. The van der Waals surface area contributed by atoms with Crippen LogP contribution in [0.25, 0.3) is 0 Å². The maximum absolute atomic E-state index is 4.47. The van der Waals surface area contributed by atoms with Gasteiger partial charge in [0.25, 0.3) is 0 Å². The summed E-state index contributed by atoms with van der Waals surface area (Å²) in [6.07, 6.45) is 0.875. The summed E-state index contributed by atoms with van der Waals surface area (Å²) in [7, 11) is 0. The predicted octanol–water partition coefficient (Wildman–Crippen LogP) is 2.70. The standard InChI is InChI=1S/C15H22N4/c1-4-14-16-15(18-17-14)11-19(5-2)10-13-9-7-6-8-12(13)3/h6-9H,4-5,10-11H2,1-3H3,(H,16,17,18). The molecule has 1 heterocycles. The Morgan fingerprint density at radius 1 is 1.16 bits per heavy atom. The maximum atomic E-state index is 4.47. The van der Waals surface area contributed by atoms with Gasteiger partial charge in [-0.2, -0.15) is 5.10 Å². The number of nitrogens with one attached hydrogen (secondary N) is 1. The fourth-order valence-corrected chi connectivity index (χ4v) is 2.08. The lowest BCUT2D eigenvalue weighted by molar-refractivity contribution is 0.264. The van der Waals surface area contributed by atoms with E-state index in [1.807, 2.05) is 0 Å². The molecule has 0 saturated carbocycles. The van der Waals surface area contributed by atoms with Gasteiger partial charge in [0, 0.05) is 13.0 Å². The molecule has 0 unspecified atom stereocenters. The van der Waals surface area contributed by atoms with Gasteiger partial charge in [-0.3, -0.25) is 10.00 Å². The van der Waals surface area contributed by atoms with E-state index in [-0.39, 0.29) is 0 Å². The number of hydrogen-bond donors (Lipinski definition) is 1. The van der Waals surface area contributed by atoms with E-state index in [0.29, 0.717) is 0 Å². The molecule has 0 bridgehead atoms. The molecule has 4 heteroatoms. The third kappa shape index (κ3) is 3.64. The minimum Gasteiger partial charge on any atom is -0.292 e. The minimum atomic E-state index is 0.817. The molecule has 2 aromatic rings. The van der Waals surface area contributed by atoms with Crippen molar-refractivity contribution in [2.24, 2.45) is 0 Å². The van der Waals surface area contributed by atoms with Gasteiger partial charge in [-0.1, -0.05) is 38.1 Å². The largest absolute Gasteiger partial charge is 0.292 e. The van der Waals surface area contributed by atoms with E-state index in [1.165, 1.54) is 11.1 Å². The van der Waals surface area contributed by atoms with Crippen LogP contribution in [-0.2, 0) is 19.5 Å². The van der Waals surface area contributed by atoms with E-state index in [0.717, 1.165) is 37.7 Å². The Balaban J connectivity index is 2.02. The minimum absolute atomic E-state index is 0.817. The topological polar surface area (TPSA) is 44.8 Å². The molecular formula is C15H22N4. The Morgan fingerprint density at radius 3 is 2.58 bits per heavy atom. The van der Waals surface area contributed by atoms with E-state index in [2.05, 4.69) is 65.1 Å². The van der Waals surface area contributed by atoms with E-state index < -0.39 is 0 Å². The first-order chi connectivity index (χ1) is 9.22. The zero-order chi connectivity index (χ0) is 13.7. The molecule has 1 aromatic heterocycles. The summed E-state index contributed by atoms with van der Waals surface area (Å²) in [6.45, 7) is 9.17. The van der Waals surface area contributed by atoms with Gasteiger partial charge in [0.1, 0.15) is 11.6 Å². The Hall–Kier alpha value is -1.68. The predicted molar refractivity (Wildman–Crippen MR) is 76.7 cm³/mol. The van der Waals surface area contributed by atoms with E-state index >= 15 is 0 Å². The fourth-order valence-electron chi connectivity index (χ4n) is 2.08. The van der Waals surface area contributed by atoms with Crippen molar-refractivity contribution in [1.82, 2.24) is 20.1 Å². The molecular weight excluding hydrogens is 236 g/mol. The number of H-pyrrole nitrogens is 1. The van der Waals surface area contributed by atoms with Crippen LogP contribution >= 0.6 is 0 Å². The second-order valence-electron chi connectivity index (χ2n) is 4.78. The highest BCUT2D eigenvalue weighted by atomic mass is 15.2. The highest BCUT2D eigenvalue weighted by Gasteiger charge is 2.09. The molecule has 0 atom stereocenters. The van der Waals surface area contributed by atoms with E-state index in [4.69, 9.17) is 0 Å². The van der Waals surface area contributed by atoms with Crippen LogP contribution in [0.2, 0.25) is 0 Å². The molecule has 0 aliphatic rings. The van der Waals surface area contributed by atoms with Gasteiger partial charge >= 0.3 is 0 Å². The summed E-state index contributed by atoms with van der Waals surface area (Å²) < 4.78 is 0. The lowest BCUT2D eigenvalue weighted by Gasteiger charge is -2.20. The Labute approximate surface area is 114 Å². The smallest absolute Gasteiger partial charge is 0.150 e. The van der Waals surface area contributed by atoms with Crippen molar-refractivity contribution >= 4 is 0 Å². The van der Waals surface area contributed by atoms with Crippen molar-refractivity contribution < 1.29 is 0 Å². The van der Waals surface area contributed by atoms with Crippen LogP contribution in [0.4, 0.5) is 0 Å². The van der Waals surface area contributed by atoms with Gasteiger partial charge in [0.15, 0.2) is 0 Å². The number of aromatic nitrogens is 3. The first-order valence-electron chi connectivity index (χ1n) is 6.90. The highest BCUT2D eigenvalue weighted by Crippen LogP contribution is 2.11. The molecule has 2 rings (SSSR count). The number of aromatic amines is 1. The molecule has 19 heavy (non-hydrogen) atoms. The number of nitrogens with zero attached hydrogens (tertiary/aromatic N) is 3. The molecule has 0 saturated heterocycles. The molecule has 0 spiro atoms. The van der Waals surface area contributed by atoms with Crippen LogP contribution in [0.3, 0.4) is 0 Å². The van der Waals surface area contributed by atoms with E-state index in [1.54, 1.807) is 0 Å². The second-order valence-corrected chi connectivity index (χ2v) is 4.78. The van der Waals surface area contributed by atoms with Crippen LogP contribution < -0.4 is 0 Å². The van der Waals surface area contributed by atoms with Gasteiger partial charge in [0.05, 0.1) is 6.54 Å². The van der Waals surface area contributed by atoms with Crippen LogP contribution in [0.1, 0.15) is 36.6 Å². The molecule has 0 radical (unpaired) electrons. The molecule has 4 nitrogen and oxygen atoms in total. The van der Waals surface area contributed by atoms with Crippen molar-refractivity contribution in [3.05, 3.63) is 47.0 Å². The van der Waals surface area contributed by atoms with Crippen molar-refractivity contribution in [3.8, 4) is 0 Å². The highest BCUT2D eigenvalue weighted by molar-refractivity contribution is 5.25. The van der Waals surface area contributed by atoms with Crippen molar-refractivity contribution in [3.63, 3.8) is 0 Å². The van der Waals surface area contributed by atoms with Crippen molar-refractivity contribution in [2.75, 3.05) is 6.54 Å². The molecule has 0 fully saturated rings. The summed E-state index contributed by atoms with van der Waals surface area (Å²) in [5.41, 5.74) is 2.72. The molecule has 0 aliphatic carbocycles. The number of hydrogen-bond acceptors (Lipinski definition) is 3. The summed E-state index contributed by atoms with van der Waals surface area (Å²) in [4.78, 5) is 6.84. The fraction of sp³-hybridized carbons (Fsp3) is 0.467. The zero-order valence-corrected chi connectivity index (χ0v) is 12.0. The average Bonchev–Trinajstić information content (AvgIpc) is 2.88. The third-order valence-corrected chi connectivity index (χ3v) is 3.37. The lowest BCUT2D eigenvalue weighted by atomic mass is 10.1. The van der Waals surface area contributed by atoms with Gasteiger partial charge in [-0.25, -0.2) is 4.98 Å². The van der Waals surface area contributed by atoms with Gasteiger partial charge in [-0.15, -0.1) is 0 Å². The monoisotopic (exact) mass is 258 g/mol. The van der Waals surface area contributed by atoms with Gasteiger partial charge < -0.3 is 0 Å². The van der Waals surface area contributed by atoms with Crippen LogP contribution in [0.15, 0.2) is 24.3 Å². The molecule has 0 amide bonds. The first kappa shape index (κ1) is 13.7. The summed E-state index contributed by atoms with van der Waals surface area (Å²) in [5.74, 6) is 1.84. The summed E-state index contributed by atoms with van der Waals surface area (Å²) >= 11 is 0. The summed E-state index contributed by atoms with van der Waals surface area (Å²) in [6, 6.07) is 8.53. The van der Waals surface area contributed by atoms with Crippen LogP contribution in [0, 0.1) is 6.92 Å². The normalized spacial score (nSPS) is 11.2. The van der Waals surface area contributed by atoms with Crippen LogP contribution in [0.5, 0.6) is 0 Å². The van der Waals surface area contributed by atoms with E-state index in [9.17, 15) is 0 Å². The van der Waals surface area contributed by atoms with Crippen molar-refractivity contribution in [2.45, 2.75) is 40.3 Å². The third-order valence-electron chi connectivity index (χ3n) is 3.37. The number of benzene rings is 1. The lowest BCUT2D eigenvalue weighted by Crippen LogP contribution is -2.23. The average molecular weight is 258 g/mol. The van der Waals surface area contributed by atoms with Gasteiger partial charge in [0.2, 0.25) is 0 Å². The van der Waals surface area contributed by atoms with Crippen LogP contribution in [-0.4, -0.2) is 26.6 Å². The quantitative estimate of drug-likeness (QED) is 0.866. The Kier molecular flexibility index (Phi) is 4.68. The molecule has 1 aromatic carbocycles. The number of rotatable bonds is 6. The molecule has 1 N–H and O–H groups in total. The van der Waals surface area contributed by atoms with Crippen molar-refractivity contribution in [1.29, 1.82) is 0 Å². The number of aryl methyl sites for hydroxylation is 2. The second kappa shape index (κ2) is 6.48.